The number of nitrogens with zero attached hydrogens (tertiary/aromatic N) is 1. The summed E-state index contributed by atoms with van der Waals surface area (Å²) in [5.74, 6) is -1.12. The number of aromatic carboxylic acids is 1. The van der Waals surface area contributed by atoms with E-state index in [9.17, 15) is 13.2 Å². The fourth-order valence-corrected chi connectivity index (χ4v) is 5.18. The first-order valence-corrected chi connectivity index (χ1v) is 9.38. The lowest BCUT2D eigenvalue weighted by Gasteiger charge is -2.19. The Hall–Kier alpha value is -2.38. The summed E-state index contributed by atoms with van der Waals surface area (Å²) < 4.78 is 26.8. The Morgan fingerprint density at radius 2 is 1.75 bits per heavy atom. The largest absolute Gasteiger partial charge is 0.477 e. The van der Waals surface area contributed by atoms with E-state index in [1.807, 2.05) is 30.3 Å². The summed E-state index contributed by atoms with van der Waals surface area (Å²) in [6, 6.07) is 14.5. The van der Waals surface area contributed by atoms with E-state index in [0.29, 0.717) is 11.3 Å². The average Bonchev–Trinajstić information content (AvgIpc) is 2.96. The topological polar surface area (TPSA) is 74.7 Å². The van der Waals surface area contributed by atoms with Gasteiger partial charge in [0.05, 0.1) is 5.69 Å². The molecule has 0 spiro atoms. The molecule has 24 heavy (non-hydrogen) atoms. The minimum absolute atomic E-state index is 0.0214. The van der Waals surface area contributed by atoms with Gasteiger partial charge in [0.2, 0.25) is 0 Å². The summed E-state index contributed by atoms with van der Waals surface area (Å²) in [5.41, 5.74) is 0.967. The highest BCUT2D eigenvalue weighted by Gasteiger charge is 2.26. The number of rotatable bonds is 4. The number of carboxylic acid groups (broad SMARTS) is 1. The van der Waals surface area contributed by atoms with Crippen LogP contribution in [0.15, 0.2) is 52.7 Å². The number of carbonyl (C=O) groups is 1. The molecule has 1 N–H and O–H groups in total. The van der Waals surface area contributed by atoms with Crippen LogP contribution in [0.25, 0.3) is 10.8 Å². The van der Waals surface area contributed by atoms with Gasteiger partial charge in [-0.15, -0.1) is 11.3 Å². The first-order valence-electron chi connectivity index (χ1n) is 7.12. The van der Waals surface area contributed by atoms with E-state index in [-0.39, 0.29) is 9.09 Å². The van der Waals surface area contributed by atoms with Gasteiger partial charge < -0.3 is 5.11 Å². The van der Waals surface area contributed by atoms with Crippen molar-refractivity contribution in [3.63, 3.8) is 0 Å². The van der Waals surface area contributed by atoms with Crippen LogP contribution in [0, 0.1) is 6.92 Å². The number of hydrogen-bond acceptors (Lipinski definition) is 4. The maximum Gasteiger partial charge on any atom is 0.346 e. The highest BCUT2D eigenvalue weighted by atomic mass is 32.2. The Morgan fingerprint density at radius 3 is 2.38 bits per heavy atom. The molecule has 0 amide bonds. The smallest absolute Gasteiger partial charge is 0.346 e. The van der Waals surface area contributed by atoms with Crippen molar-refractivity contribution in [3.05, 3.63) is 59.0 Å². The molecule has 3 rings (SSSR count). The molecular weight excluding hydrogens is 346 g/mol. The fraction of sp³-hybridized carbons (Fsp3) is 0.118. The summed E-state index contributed by atoms with van der Waals surface area (Å²) >= 11 is 0.772. The van der Waals surface area contributed by atoms with Gasteiger partial charge >= 0.3 is 5.97 Å². The number of fused-ring (bicyclic) bond motifs is 1. The molecule has 0 unspecified atom stereocenters. The van der Waals surface area contributed by atoms with Gasteiger partial charge in [0.1, 0.15) is 9.09 Å². The third kappa shape index (κ3) is 2.76. The van der Waals surface area contributed by atoms with Crippen molar-refractivity contribution in [2.45, 2.75) is 11.1 Å². The van der Waals surface area contributed by atoms with Gasteiger partial charge in [-0.05, 0) is 41.5 Å². The van der Waals surface area contributed by atoms with Crippen LogP contribution < -0.4 is 4.31 Å². The van der Waals surface area contributed by atoms with Crippen molar-refractivity contribution in [2.24, 2.45) is 0 Å². The Kier molecular flexibility index (Phi) is 4.06. The minimum atomic E-state index is -3.81. The van der Waals surface area contributed by atoms with Crippen molar-refractivity contribution in [3.8, 4) is 0 Å². The van der Waals surface area contributed by atoms with Gasteiger partial charge in [0.15, 0.2) is 0 Å². The van der Waals surface area contributed by atoms with E-state index in [1.165, 1.54) is 17.4 Å². The molecule has 1 heterocycles. The zero-order valence-corrected chi connectivity index (χ0v) is 14.7. The number of aryl methyl sites for hydroxylation is 1. The van der Waals surface area contributed by atoms with E-state index in [1.54, 1.807) is 19.1 Å². The maximum atomic E-state index is 12.8. The lowest BCUT2D eigenvalue weighted by atomic mass is 10.1. The maximum absolute atomic E-state index is 12.8. The van der Waals surface area contributed by atoms with Crippen LogP contribution in [-0.2, 0) is 10.0 Å². The van der Waals surface area contributed by atoms with Crippen LogP contribution in [0.5, 0.6) is 0 Å². The van der Waals surface area contributed by atoms with E-state index in [0.717, 1.165) is 22.1 Å². The highest BCUT2D eigenvalue weighted by Crippen LogP contribution is 2.31. The number of hydrogen-bond donors (Lipinski definition) is 1. The molecule has 1 aromatic heterocycles. The summed E-state index contributed by atoms with van der Waals surface area (Å²) in [6.07, 6.45) is 0. The highest BCUT2D eigenvalue weighted by molar-refractivity contribution is 7.94. The van der Waals surface area contributed by atoms with Crippen molar-refractivity contribution < 1.29 is 18.3 Å². The van der Waals surface area contributed by atoms with Crippen LogP contribution >= 0.6 is 11.3 Å². The van der Waals surface area contributed by atoms with E-state index in [4.69, 9.17) is 5.11 Å². The molecule has 3 aromatic rings. The van der Waals surface area contributed by atoms with Crippen molar-refractivity contribution in [1.29, 1.82) is 0 Å². The zero-order chi connectivity index (χ0) is 17.5. The van der Waals surface area contributed by atoms with Crippen LogP contribution in [0.3, 0.4) is 0 Å². The lowest BCUT2D eigenvalue weighted by Crippen LogP contribution is -2.25. The fourth-order valence-electron chi connectivity index (χ4n) is 2.44. The molecule has 0 saturated carbocycles. The monoisotopic (exact) mass is 361 g/mol. The number of sulfonamides is 1. The Morgan fingerprint density at radius 1 is 1.08 bits per heavy atom. The van der Waals surface area contributed by atoms with E-state index in [2.05, 4.69) is 0 Å². The standard InChI is InChI=1S/C17H15NO4S2/c1-11-9-15(23-16(11)17(19)20)24(21,22)18(2)14-8-7-12-5-3-4-6-13(12)10-14/h3-10H,1-2H3,(H,19,20). The number of thiophene rings is 1. The molecular formula is C17H15NO4S2. The van der Waals surface area contributed by atoms with Gasteiger partial charge in [0.25, 0.3) is 10.0 Å². The molecule has 0 fully saturated rings. The van der Waals surface area contributed by atoms with Gasteiger partial charge in [-0.2, -0.15) is 0 Å². The van der Waals surface area contributed by atoms with Crippen LogP contribution in [0.2, 0.25) is 0 Å². The predicted molar refractivity (Wildman–Crippen MR) is 95.6 cm³/mol. The first-order chi connectivity index (χ1) is 11.3. The van der Waals surface area contributed by atoms with E-state index < -0.39 is 16.0 Å². The SMILES string of the molecule is Cc1cc(S(=O)(=O)N(C)c2ccc3ccccc3c2)sc1C(=O)O. The third-order valence-electron chi connectivity index (χ3n) is 3.80. The van der Waals surface area contributed by atoms with Crippen molar-refractivity contribution >= 4 is 43.8 Å². The Bertz CT molecular complexity index is 1040. The molecule has 0 aliphatic heterocycles. The van der Waals surface area contributed by atoms with Gasteiger partial charge in [-0.25, -0.2) is 13.2 Å². The molecule has 0 bridgehead atoms. The summed E-state index contributed by atoms with van der Waals surface area (Å²) in [7, 11) is -2.34. The number of carboxylic acids is 1. The number of anilines is 1. The van der Waals surface area contributed by atoms with Gasteiger partial charge in [0, 0.05) is 7.05 Å². The molecule has 0 aliphatic rings. The second kappa shape index (κ2) is 5.92. The molecule has 124 valence electrons. The molecule has 0 saturated heterocycles. The summed E-state index contributed by atoms with van der Waals surface area (Å²) in [4.78, 5) is 11.2. The van der Waals surface area contributed by atoms with E-state index >= 15 is 0 Å². The second-order valence-electron chi connectivity index (χ2n) is 5.39. The van der Waals surface area contributed by atoms with Crippen molar-refractivity contribution in [1.82, 2.24) is 0 Å². The zero-order valence-electron chi connectivity index (χ0n) is 13.1. The molecule has 0 atom stereocenters. The van der Waals surface area contributed by atoms with Crippen LogP contribution in [0.1, 0.15) is 15.2 Å². The normalized spacial score (nSPS) is 11.6. The molecule has 0 radical (unpaired) electrons. The second-order valence-corrected chi connectivity index (χ2v) is 8.64. The molecule has 2 aromatic carbocycles. The predicted octanol–water partition coefficient (Wildman–Crippen LogP) is 3.73. The first kappa shape index (κ1) is 16.5. The lowest BCUT2D eigenvalue weighted by molar-refractivity contribution is 0.0701. The third-order valence-corrected chi connectivity index (χ3v) is 7.26. The Labute approximate surface area is 143 Å². The molecule has 7 heteroatoms. The van der Waals surface area contributed by atoms with Crippen LogP contribution in [-0.4, -0.2) is 26.5 Å². The molecule has 0 aliphatic carbocycles. The minimum Gasteiger partial charge on any atom is -0.477 e. The number of benzene rings is 2. The summed E-state index contributed by atoms with van der Waals surface area (Å²) in [5, 5.41) is 11.1. The van der Waals surface area contributed by atoms with Gasteiger partial charge in [-0.1, -0.05) is 30.3 Å². The summed E-state index contributed by atoms with van der Waals surface area (Å²) in [6.45, 7) is 1.59. The Balaban J connectivity index is 2.04. The van der Waals surface area contributed by atoms with Crippen LogP contribution in [0.4, 0.5) is 5.69 Å². The molecule has 5 nitrogen and oxygen atoms in total. The quantitative estimate of drug-likeness (QED) is 0.768. The van der Waals surface area contributed by atoms with Crippen molar-refractivity contribution in [2.75, 3.05) is 11.4 Å². The van der Waals surface area contributed by atoms with Gasteiger partial charge in [-0.3, -0.25) is 4.31 Å². The average molecular weight is 361 g/mol.